The molecule has 1 amide bonds. The van der Waals surface area contributed by atoms with Crippen molar-refractivity contribution in [2.75, 3.05) is 38.5 Å². The molecule has 1 saturated heterocycles. The van der Waals surface area contributed by atoms with Crippen molar-refractivity contribution in [1.82, 2.24) is 19.4 Å². The zero-order chi connectivity index (χ0) is 22.4. The summed E-state index contributed by atoms with van der Waals surface area (Å²) >= 11 is 0. The Balaban J connectivity index is 1.85. The number of hydrogen-bond donors (Lipinski definition) is 2. The van der Waals surface area contributed by atoms with E-state index in [-0.39, 0.29) is 35.9 Å². The highest BCUT2D eigenvalue weighted by molar-refractivity contribution is 6.01. The van der Waals surface area contributed by atoms with E-state index in [1.807, 2.05) is 18.7 Å². The van der Waals surface area contributed by atoms with Crippen molar-refractivity contribution in [3.05, 3.63) is 26.4 Å². The van der Waals surface area contributed by atoms with Crippen LogP contribution >= 0.6 is 0 Å². The van der Waals surface area contributed by atoms with Crippen LogP contribution in [0.2, 0.25) is 0 Å². The molecule has 1 aliphatic heterocycles. The second-order valence-electron chi connectivity index (χ2n) is 8.00. The van der Waals surface area contributed by atoms with Crippen LogP contribution < -0.4 is 22.3 Å². The van der Waals surface area contributed by atoms with Gasteiger partial charge in [-0.05, 0) is 46.2 Å². The Morgan fingerprint density at radius 3 is 2.40 bits per heavy atom. The van der Waals surface area contributed by atoms with E-state index in [1.54, 1.807) is 0 Å². The van der Waals surface area contributed by atoms with Crippen molar-refractivity contribution < 1.29 is 14.3 Å². The molecule has 2 rings (SSSR count). The molecule has 30 heavy (non-hydrogen) atoms. The molecule has 2 heterocycles. The van der Waals surface area contributed by atoms with Gasteiger partial charge in [0.1, 0.15) is 11.4 Å². The number of carbonyl (C=O) groups is 2. The summed E-state index contributed by atoms with van der Waals surface area (Å²) in [5.74, 6) is -0.597. The molecule has 0 radical (unpaired) electrons. The molecule has 0 unspecified atom stereocenters. The van der Waals surface area contributed by atoms with Crippen LogP contribution in [0.1, 0.15) is 43.5 Å². The van der Waals surface area contributed by atoms with Gasteiger partial charge < -0.3 is 15.8 Å². The van der Waals surface area contributed by atoms with Crippen LogP contribution in [0.4, 0.5) is 5.82 Å². The standard InChI is InChI=1S/C20H33N5O5/c1-13(2)30-11-5-8-22-18(27)14-6-9-25(10-7-14)12-15(26)16-17(21)23(3)20(29)24(4)19(16)28/h13-14H,5-12,21H2,1-4H3,(H,22,27). The van der Waals surface area contributed by atoms with Gasteiger partial charge in [-0.2, -0.15) is 0 Å². The lowest BCUT2D eigenvalue weighted by molar-refractivity contribution is -0.126. The molecule has 1 aliphatic rings. The predicted octanol–water partition coefficient (Wildman–Crippen LogP) is -0.508. The minimum atomic E-state index is -0.684. The molecule has 0 atom stereocenters. The number of nitrogen functional groups attached to an aromatic ring is 1. The van der Waals surface area contributed by atoms with E-state index in [2.05, 4.69) is 5.32 Å². The van der Waals surface area contributed by atoms with Crippen molar-refractivity contribution >= 4 is 17.5 Å². The van der Waals surface area contributed by atoms with Crippen LogP contribution in [-0.2, 0) is 23.6 Å². The van der Waals surface area contributed by atoms with Crippen molar-refractivity contribution in [2.45, 2.75) is 39.2 Å². The Bertz CT molecular complexity index is 881. The smallest absolute Gasteiger partial charge is 0.332 e. The van der Waals surface area contributed by atoms with Gasteiger partial charge in [0.2, 0.25) is 5.91 Å². The molecule has 0 bridgehead atoms. The first kappa shape index (κ1) is 23.8. The number of hydrogen-bond acceptors (Lipinski definition) is 7. The molecule has 0 saturated carbocycles. The lowest BCUT2D eigenvalue weighted by Crippen LogP contribution is -2.45. The monoisotopic (exact) mass is 423 g/mol. The Labute approximate surface area is 176 Å². The molecule has 0 spiro atoms. The van der Waals surface area contributed by atoms with Crippen LogP contribution in [0.25, 0.3) is 0 Å². The molecule has 1 aromatic heterocycles. The number of nitrogens with two attached hydrogens (primary N) is 1. The van der Waals surface area contributed by atoms with Gasteiger partial charge in [-0.15, -0.1) is 0 Å². The average molecular weight is 424 g/mol. The van der Waals surface area contributed by atoms with Gasteiger partial charge in [0.25, 0.3) is 5.56 Å². The number of ether oxygens (including phenoxy) is 1. The normalized spacial score (nSPS) is 15.5. The molecule has 10 nitrogen and oxygen atoms in total. The second kappa shape index (κ2) is 10.5. The number of amides is 1. The highest BCUT2D eigenvalue weighted by Gasteiger charge is 2.28. The van der Waals surface area contributed by atoms with E-state index < -0.39 is 17.0 Å². The van der Waals surface area contributed by atoms with E-state index in [1.165, 1.54) is 14.1 Å². The summed E-state index contributed by atoms with van der Waals surface area (Å²) in [7, 11) is 2.74. The Hall–Kier alpha value is -2.46. The maximum absolute atomic E-state index is 12.7. The third-order valence-electron chi connectivity index (χ3n) is 5.39. The third kappa shape index (κ3) is 5.79. The SMILES string of the molecule is CC(C)OCCCNC(=O)C1CCN(CC(=O)c2c(N)n(C)c(=O)n(C)c2=O)CC1. The van der Waals surface area contributed by atoms with Gasteiger partial charge in [-0.25, -0.2) is 4.79 Å². The van der Waals surface area contributed by atoms with E-state index in [0.29, 0.717) is 39.1 Å². The molecule has 1 aromatic rings. The number of rotatable bonds is 9. The molecular formula is C20H33N5O5. The summed E-state index contributed by atoms with van der Waals surface area (Å²) in [6.07, 6.45) is 2.24. The first-order valence-corrected chi connectivity index (χ1v) is 10.3. The fraction of sp³-hybridized carbons (Fsp3) is 0.700. The van der Waals surface area contributed by atoms with Crippen LogP contribution in [0.5, 0.6) is 0 Å². The Kier molecular flexibility index (Phi) is 8.36. The molecule has 1 fully saturated rings. The van der Waals surface area contributed by atoms with Gasteiger partial charge in [0.05, 0.1) is 12.6 Å². The number of piperidine rings is 1. The minimum Gasteiger partial charge on any atom is -0.384 e. The first-order chi connectivity index (χ1) is 14.1. The predicted molar refractivity (Wildman–Crippen MR) is 114 cm³/mol. The molecule has 168 valence electrons. The molecular weight excluding hydrogens is 390 g/mol. The number of nitrogens with zero attached hydrogens (tertiary/aromatic N) is 3. The zero-order valence-electron chi connectivity index (χ0n) is 18.3. The van der Waals surface area contributed by atoms with Gasteiger partial charge in [0.15, 0.2) is 5.78 Å². The van der Waals surface area contributed by atoms with E-state index in [9.17, 15) is 19.2 Å². The van der Waals surface area contributed by atoms with Crippen LogP contribution in [0.3, 0.4) is 0 Å². The Morgan fingerprint density at radius 2 is 1.80 bits per heavy atom. The van der Waals surface area contributed by atoms with Crippen molar-refractivity contribution in [2.24, 2.45) is 20.0 Å². The summed E-state index contributed by atoms with van der Waals surface area (Å²) in [6.45, 7) is 6.33. The largest absolute Gasteiger partial charge is 0.384 e. The first-order valence-electron chi connectivity index (χ1n) is 10.3. The summed E-state index contributed by atoms with van der Waals surface area (Å²) < 4.78 is 7.43. The number of anilines is 1. The molecule has 0 aliphatic carbocycles. The number of nitrogens with one attached hydrogen (secondary N) is 1. The van der Waals surface area contributed by atoms with Crippen molar-refractivity contribution in [3.63, 3.8) is 0 Å². The minimum absolute atomic E-state index is 0.0263. The number of carbonyl (C=O) groups excluding carboxylic acids is 2. The average Bonchev–Trinajstić information content (AvgIpc) is 2.71. The summed E-state index contributed by atoms with van der Waals surface area (Å²) in [4.78, 5) is 51.2. The van der Waals surface area contributed by atoms with Crippen LogP contribution in [-0.4, -0.2) is 64.6 Å². The molecule has 3 N–H and O–H groups in total. The van der Waals surface area contributed by atoms with Crippen molar-refractivity contribution in [1.29, 1.82) is 0 Å². The van der Waals surface area contributed by atoms with E-state index in [4.69, 9.17) is 10.5 Å². The number of aromatic nitrogens is 2. The van der Waals surface area contributed by atoms with Gasteiger partial charge >= 0.3 is 5.69 Å². The summed E-state index contributed by atoms with van der Waals surface area (Å²) in [5, 5.41) is 2.94. The lowest BCUT2D eigenvalue weighted by Gasteiger charge is -2.30. The quantitative estimate of drug-likeness (QED) is 0.404. The summed E-state index contributed by atoms with van der Waals surface area (Å²) in [5.41, 5.74) is 4.43. The number of likely N-dealkylation sites (tertiary alicyclic amines) is 1. The third-order valence-corrected chi connectivity index (χ3v) is 5.39. The maximum atomic E-state index is 12.7. The summed E-state index contributed by atoms with van der Waals surface area (Å²) in [6, 6.07) is 0. The Morgan fingerprint density at radius 1 is 1.17 bits per heavy atom. The maximum Gasteiger partial charge on any atom is 0.332 e. The topological polar surface area (TPSA) is 129 Å². The zero-order valence-corrected chi connectivity index (χ0v) is 18.3. The fourth-order valence-corrected chi connectivity index (χ4v) is 3.50. The van der Waals surface area contributed by atoms with Gasteiger partial charge in [0, 0.05) is 33.2 Å². The highest BCUT2D eigenvalue weighted by atomic mass is 16.5. The lowest BCUT2D eigenvalue weighted by atomic mass is 9.95. The van der Waals surface area contributed by atoms with Crippen molar-refractivity contribution in [3.8, 4) is 0 Å². The number of ketones is 1. The second-order valence-corrected chi connectivity index (χ2v) is 8.00. The molecule has 0 aromatic carbocycles. The van der Waals surface area contributed by atoms with E-state index in [0.717, 1.165) is 15.6 Å². The van der Waals surface area contributed by atoms with Crippen LogP contribution in [0, 0.1) is 5.92 Å². The highest BCUT2D eigenvalue weighted by Crippen LogP contribution is 2.18. The fourth-order valence-electron chi connectivity index (χ4n) is 3.50. The molecule has 10 heteroatoms. The van der Waals surface area contributed by atoms with Gasteiger partial charge in [-0.3, -0.25) is 28.4 Å². The number of Topliss-reactive ketones (excluding diaryl/α,β-unsaturated/α-hetero) is 1. The van der Waals surface area contributed by atoms with Crippen LogP contribution in [0.15, 0.2) is 9.59 Å². The van der Waals surface area contributed by atoms with E-state index >= 15 is 0 Å². The van der Waals surface area contributed by atoms with Gasteiger partial charge in [-0.1, -0.05) is 0 Å².